The molecule has 2 aromatic rings. The second kappa shape index (κ2) is 5.45. The molecule has 0 aliphatic heterocycles. The summed E-state index contributed by atoms with van der Waals surface area (Å²) in [6.45, 7) is 0.427. The predicted molar refractivity (Wildman–Crippen MR) is 65.8 cm³/mol. The third kappa shape index (κ3) is 3.29. The second-order valence-electron chi connectivity index (χ2n) is 3.56. The summed E-state index contributed by atoms with van der Waals surface area (Å²) in [5.74, 6) is 0.0239. The lowest BCUT2D eigenvalue weighted by atomic mass is 10.1. The minimum Gasteiger partial charge on any atom is -0.508 e. The van der Waals surface area contributed by atoms with Gasteiger partial charge in [-0.2, -0.15) is 0 Å². The van der Waals surface area contributed by atoms with E-state index in [9.17, 15) is 9.90 Å². The molecule has 4 nitrogen and oxygen atoms in total. The largest absolute Gasteiger partial charge is 0.508 e. The number of phenolic OH excluding ortho intramolecular Hbond substituents is 1. The molecular weight excluding hydrogens is 236 g/mol. The summed E-state index contributed by atoms with van der Waals surface area (Å²) in [5.41, 5.74) is 3.20. The molecule has 1 heterocycles. The number of rotatable bonds is 4. The number of phenols is 1. The number of amides is 1. The quantitative estimate of drug-likeness (QED) is 0.865. The Balaban J connectivity index is 1.87. The normalized spacial score (nSPS) is 10.1. The average molecular weight is 248 g/mol. The van der Waals surface area contributed by atoms with Crippen molar-refractivity contribution in [3.63, 3.8) is 0 Å². The van der Waals surface area contributed by atoms with E-state index in [-0.39, 0.29) is 18.1 Å². The van der Waals surface area contributed by atoms with Crippen LogP contribution in [-0.4, -0.2) is 16.0 Å². The summed E-state index contributed by atoms with van der Waals surface area (Å²) >= 11 is 1.50. The van der Waals surface area contributed by atoms with Crippen LogP contribution in [0.4, 0.5) is 0 Å². The van der Waals surface area contributed by atoms with Crippen molar-refractivity contribution >= 4 is 17.2 Å². The van der Waals surface area contributed by atoms with Crippen molar-refractivity contribution in [1.29, 1.82) is 0 Å². The number of hydrogen-bond acceptors (Lipinski definition) is 4. The molecule has 1 amide bonds. The Morgan fingerprint density at radius 2 is 2.24 bits per heavy atom. The zero-order valence-electron chi connectivity index (χ0n) is 9.09. The fourth-order valence-corrected chi connectivity index (χ4v) is 1.97. The number of aromatic nitrogens is 1. The van der Waals surface area contributed by atoms with E-state index in [0.29, 0.717) is 12.1 Å². The lowest BCUT2D eigenvalue weighted by molar-refractivity contribution is -0.120. The molecule has 2 rings (SSSR count). The topological polar surface area (TPSA) is 62.2 Å². The van der Waals surface area contributed by atoms with Gasteiger partial charge in [0, 0.05) is 10.9 Å². The third-order valence-electron chi connectivity index (χ3n) is 2.29. The van der Waals surface area contributed by atoms with Crippen LogP contribution in [0, 0.1) is 0 Å². The van der Waals surface area contributed by atoms with Gasteiger partial charge < -0.3 is 10.4 Å². The number of benzene rings is 1. The van der Waals surface area contributed by atoms with Gasteiger partial charge in [-0.1, -0.05) is 18.2 Å². The first-order valence-corrected chi connectivity index (χ1v) is 6.10. The molecule has 0 atom stereocenters. The van der Waals surface area contributed by atoms with E-state index < -0.39 is 0 Å². The monoisotopic (exact) mass is 248 g/mol. The van der Waals surface area contributed by atoms with Crippen molar-refractivity contribution in [3.05, 3.63) is 46.4 Å². The molecule has 0 aliphatic carbocycles. The van der Waals surface area contributed by atoms with Gasteiger partial charge in [0.1, 0.15) is 5.75 Å². The first kappa shape index (κ1) is 11.6. The van der Waals surface area contributed by atoms with Gasteiger partial charge in [-0.05, 0) is 6.07 Å². The van der Waals surface area contributed by atoms with E-state index in [1.807, 2.05) is 5.38 Å². The number of hydrogen-bond donors (Lipinski definition) is 2. The number of aromatic hydroxyl groups is 1. The molecule has 0 spiro atoms. The van der Waals surface area contributed by atoms with E-state index >= 15 is 0 Å². The van der Waals surface area contributed by atoms with Crippen molar-refractivity contribution in [2.45, 2.75) is 13.0 Å². The van der Waals surface area contributed by atoms with Crippen LogP contribution in [-0.2, 0) is 17.8 Å². The molecule has 0 radical (unpaired) electrons. The van der Waals surface area contributed by atoms with Crippen molar-refractivity contribution in [2.75, 3.05) is 0 Å². The van der Waals surface area contributed by atoms with Gasteiger partial charge in [-0.15, -0.1) is 11.3 Å². The van der Waals surface area contributed by atoms with Gasteiger partial charge in [-0.3, -0.25) is 4.79 Å². The van der Waals surface area contributed by atoms with Crippen LogP contribution in [0.3, 0.4) is 0 Å². The lowest BCUT2D eigenvalue weighted by Crippen LogP contribution is -2.24. The fraction of sp³-hybridized carbons (Fsp3) is 0.167. The Morgan fingerprint density at radius 1 is 1.41 bits per heavy atom. The van der Waals surface area contributed by atoms with Gasteiger partial charge in [0.25, 0.3) is 0 Å². The molecule has 0 saturated heterocycles. The molecule has 0 bridgehead atoms. The van der Waals surface area contributed by atoms with Crippen molar-refractivity contribution in [1.82, 2.24) is 10.3 Å². The molecule has 0 aliphatic rings. The number of carbonyl (C=O) groups is 1. The van der Waals surface area contributed by atoms with Crippen LogP contribution < -0.4 is 5.32 Å². The standard InChI is InChI=1S/C12H12N2O2S/c15-11-4-2-1-3-9(11)5-12(16)13-6-10-7-17-8-14-10/h1-4,7-8,15H,5-6H2,(H,13,16). The minimum absolute atomic E-state index is 0.125. The molecule has 0 fully saturated rings. The fourth-order valence-electron chi connectivity index (χ4n) is 1.41. The van der Waals surface area contributed by atoms with Gasteiger partial charge >= 0.3 is 0 Å². The van der Waals surface area contributed by atoms with E-state index in [1.54, 1.807) is 29.8 Å². The van der Waals surface area contributed by atoms with Crippen LogP contribution in [0.2, 0.25) is 0 Å². The molecule has 88 valence electrons. The summed E-state index contributed by atoms with van der Waals surface area (Å²) in [4.78, 5) is 15.7. The van der Waals surface area contributed by atoms with Crippen LogP contribution in [0.5, 0.6) is 5.75 Å². The molecule has 5 heteroatoms. The van der Waals surface area contributed by atoms with Gasteiger partial charge in [0.2, 0.25) is 5.91 Å². The second-order valence-corrected chi connectivity index (χ2v) is 4.28. The number of para-hydroxylation sites is 1. The van der Waals surface area contributed by atoms with E-state index in [0.717, 1.165) is 5.69 Å². The number of nitrogens with one attached hydrogen (secondary N) is 1. The molecule has 2 N–H and O–H groups in total. The zero-order valence-corrected chi connectivity index (χ0v) is 9.91. The van der Waals surface area contributed by atoms with Gasteiger partial charge in [0.05, 0.1) is 24.2 Å². The van der Waals surface area contributed by atoms with E-state index in [1.165, 1.54) is 11.3 Å². The highest BCUT2D eigenvalue weighted by Crippen LogP contribution is 2.15. The van der Waals surface area contributed by atoms with Gasteiger partial charge in [0.15, 0.2) is 0 Å². The molecule has 0 unspecified atom stereocenters. The predicted octanol–water partition coefficient (Wildman–Crippen LogP) is 1.71. The van der Waals surface area contributed by atoms with Gasteiger partial charge in [-0.25, -0.2) is 4.98 Å². The highest BCUT2D eigenvalue weighted by Gasteiger charge is 2.06. The maximum atomic E-state index is 11.6. The number of carbonyl (C=O) groups excluding carboxylic acids is 1. The van der Waals surface area contributed by atoms with Crippen LogP contribution in [0.1, 0.15) is 11.3 Å². The summed E-state index contributed by atoms with van der Waals surface area (Å²) in [6.07, 6.45) is 0.177. The highest BCUT2D eigenvalue weighted by molar-refractivity contribution is 7.07. The Kier molecular flexibility index (Phi) is 3.72. The molecule has 1 aromatic heterocycles. The Hall–Kier alpha value is -1.88. The summed E-state index contributed by atoms with van der Waals surface area (Å²) in [5, 5.41) is 14.2. The van der Waals surface area contributed by atoms with Crippen LogP contribution in [0.25, 0.3) is 0 Å². The first-order valence-electron chi connectivity index (χ1n) is 5.16. The van der Waals surface area contributed by atoms with E-state index in [4.69, 9.17) is 0 Å². The number of nitrogens with zero attached hydrogens (tertiary/aromatic N) is 1. The maximum Gasteiger partial charge on any atom is 0.224 e. The first-order chi connectivity index (χ1) is 8.25. The average Bonchev–Trinajstić information content (AvgIpc) is 2.82. The Labute approximate surface area is 103 Å². The Morgan fingerprint density at radius 3 is 2.94 bits per heavy atom. The summed E-state index contributed by atoms with van der Waals surface area (Å²) in [7, 11) is 0. The van der Waals surface area contributed by atoms with Crippen molar-refractivity contribution in [3.8, 4) is 5.75 Å². The Bertz CT molecular complexity index is 497. The smallest absolute Gasteiger partial charge is 0.224 e. The van der Waals surface area contributed by atoms with Crippen molar-refractivity contribution < 1.29 is 9.90 Å². The maximum absolute atomic E-state index is 11.6. The van der Waals surface area contributed by atoms with Crippen LogP contribution in [0.15, 0.2) is 35.2 Å². The third-order valence-corrected chi connectivity index (χ3v) is 2.93. The van der Waals surface area contributed by atoms with Crippen molar-refractivity contribution in [2.24, 2.45) is 0 Å². The SMILES string of the molecule is O=C(Cc1ccccc1O)NCc1cscn1. The molecule has 0 saturated carbocycles. The van der Waals surface area contributed by atoms with Crippen LogP contribution >= 0.6 is 11.3 Å². The molecular formula is C12H12N2O2S. The van der Waals surface area contributed by atoms with E-state index in [2.05, 4.69) is 10.3 Å². The lowest BCUT2D eigenvalue weighted by Gasteiger charge is -2.05. The zero-order chi connectivity index (χ0) is 12.1. The number of thiazole rings is 1. The summed E-state index contributed by atoms with van der Waals surface area (Å²) in [6, 6.07) is 6.83. The minimum atomic E-state index is -0.125. The molecule has 1 aromatic carbocycles. The summed E-state index contributed by atoms with van der Waals surface area (Å²) < 4.78 is 0. The molecule has 17 heavy (non-hydrogen) atoms. The highest BCUT2D eigenvalue weighted by atomic mass is 32.1.